The fourth-order valence-electron chi connectivity index (χ4n) is 3.34. The fraction of sp³-hybridized carbons (Fsp3) is 0.381. The Morgan fingerprint density at radius 1 is 1.07 bits per heavy atom. The lowest BCUT2D eigenvalue weighted by molar-refractivity contribution is -0.117. The Morgan fingerprint density at radius 2 is 1.79 bits per heavy atom. The van der Waals surface area contributed by atoms with Gasteiger partial charge in [0.2, 0.25) is 5.91 Å². The van der Waals surface area contributed by atoms with E-state index in [1.54, 1.807) is 12.1 Å². The van der Waals surface area contributed by atoms with Crippen molar-refractivity contribution in [2.75, 3.05) is 57.2 Å². The van der Waals surface area contributed by atoms with E-state index in [1.165, 1.54) is 25.5 Å². The van der Waals surface area contributed by atoms with E-state index in [2.05, 4.69) is 46.3 Å². The summed E-state index contributed by atoms with van der Waals surface area (Å²) in [5, 5.41) is 3.34. The normalized spacial score (nSPS) is 14.6. The topological polar surface area (TPSA) is 54.0 Å². The molecule has 1 saturated heterocycles. The van der Waals surface area contributed by atoms with Gasteiger partial charge in [0.25, 0.3) is 0 Å². The van der Waals surface area contributed by atoms with Gasteiger partial charge in [-0.15, -0.1) is 0 Å². The van der Waals surface area contributed by atoms with Crippen LogP contribution in [0.3, 0.4) is 0 Å². The van der Waals surface area contributed by atoms with E-state index < -0.39 is 0 Å². The molecule has 1 fully saturated rings. The first-order chi connectivity index (χ1) is 13.5. The third kappa shape index (κ3) is 4.88. The highest BCUT2D eigenvalue weighted by Crippen LogP contribution is 2.35. The van der Waals surface area contributed by atoms with Crippen LogP contribution in [0.15, 0.2) is 36.4 Å². The van der Waals surface area contributed by atoms with Crippen LogP contribution in [-0.4, -0.2) is 57.8 Å². The number of anilines is 2. The number of aryl methyl sites for hydroxylation is 1. The Hall–Kier alpha value is -2.44. The van der Waals surface area contributed by atoms with E-state index in [9.17, 15) is 4.79 Å². The quantitative estimate of drug-likeness (QED) is 0.800. The van der Waals surface area contributed by atoms with Gasteiger partial charge in [-0.2, -0.15) is 0 Å². The third-order valence-electron chi connectivity index (χ3n) is 4.85. The molecule has 0 spiro atoms. The van der Waals surface area contributed by atoms with E-state index in [4.69, 9.17) is 21.1 Å². The molecule has 0 atom stereocenters. The summed E-state index contributed by atoms with van der Waals surface area (Å²) in [7, 11) is 3.07. The van der Waals surface area contributed by atoms with Gasteiger partial charge in [0.15, 0.2) is 0 Å². The molecule has 3 rings (SSSR count). The number of nitrogens with zero attached hydrogens (tertiary/aromatic N) is 2. The molecule has 1 aliphatic heterocycles. The van der Waals surface area contributed by atoms with Crippen LogP contribution in [0.4, 0.5) is 11.4 Å². The zero-order valence-electron chi connectivity index (χ0n) is 16.5. The number of hydrogen-bond acceptors (Lipinski definition) is 5. The van der Waals surface area contributed by atoms with Gasteiger partial charge >= 0.3 is 0 Å². The molecule has 2 aromatic carbocycles. The number of amides is 1. The second-order valence-electron chi connectivity index (χ2n) is 6.84. The van der Waals surface area contributed by atoms with Crippen molar-refractivity contribution in [1.29, 1.82) is 0 Å². The summed E-state index contributed by atoms with van der Waals surface area (Å²) in [5.74, 6) is 0.902. The number of piperazine rings is 1. The predicted octanol–water partition coefficient (Wildman–Crippen LogP) is 3.43. The first-order valence-corrected chi connectivity index (χ1v) is 9.63. The Balaban J connectivity index is 1.56. The van der Waals surface area contributed by atoms with Crippen LogP contribution in [0.2, 0.25) is 5.02 Å². The van der Waals surface area contributed by atoms with Crippen molar-refractivity contribution in [2.24, 2.45) is 0 Å². The third-order valence-corrected chi connectivity index (χ3v) is 5.15. The van der Waals surface area contributed by atoms with Crippen molar-refractivity contribution >= 4 is 28.9 Å². The van der Waals surface area contributed by atoms with E-state index in [0.717, 1.165) is 26.2 Å². The molecule has 0 saturated carbocycles. The largest absolute Gasteiger partial charge is 0.495 e. The molecular weight excluding hydrogens is 378 g/mol. The lowest BCUT2D eigenvalue weighted by Crippen LogP contribution is -2.48. The SMILES string of the molecule is COc1cc(NC(=O)CN2CCN(c3cccc(C)c3)CC2)c(OC)cc1Cl. The molecule has 0 aromatic heterocycles. The maximum atomic E-state index is 12.5. The lowest BCUT2D eigenvalue weighted by atomic mass is 10.2. The number of hydrogen-bond donors (Lipinski definition) is 1. The summed E-state index contributed by atoms with van der Waals surface area (Å²) < 4.78 is 10.5. The maximum Gasteiger partial charge on any atom is 0.238 e. The van der Waals surface area contributed by atoms with Gasteiger partial charge in [0.1, 0.15) is 11.5 Å². The fourth-order valence-corrected chi connectivity index (χ4v) is 3.57. The molecule has 0 radical (unpaired) electrons. The highest BCUT2D eigenvalue weighted by Gasteiger charge is 2.20. The van der Waals surface area contributed by atoms with Gasteiger partial charge < -0.3 is 19.7 Å². The number of halogens is 1. The Morgan fingerprint density at radius 3 is 2.43 bits per heavy atom. The average molecular weight is 404 g/mol. The smallest absolute Gasteiger partial charge is 0.238 e. The predicted molar refractivity (Wildman–Crippen MR) is 113 cm³/mol. The first kappa shape index (κ1) is 20.3. The van der Waals surface area contributed by atoms with E-state index in [-0.39, 0.29) is 5.91 Å². The lowest BCUT2D eigenvalue weighted by Gasteiger charge is -2.35. The monoisotopic (exact) mass is 403 g/mol. The molecule has 1 amide bonds. The molecule has 28 heavy (non-hydrogen) atoms. The molecule has 2 aromatic rings. The van der Waals surface area contributed by atoms with Crippen LogP contribution in [0.1, 0.15) is 5.56 Å². The summed E-state index contributed by atoms with van der Waals surface area (Å²) in [5.41, 5.74) is 3.04. The van der Waals surface area contributed by atoms with Crippen LogP contribution in [0, 0.1) is 6.92 Å². The van der Waals surface area contributed by atoms with Crippen LogP contribution >= 0.6 is 11.6 Å². The van der Waals surface area contributed by atoms with Gasteiger partial charge in [-0.3, -0.25) is 9.69 Å². The summed E-state index contributed by atoms with van der Waals surface area (Å²) in [4.78, 5) is 17.0. The minimum atomic E-state index is -0.0910. The molecular formula is C21H26ClN3O3. The maximum absolute atomic E-state index is 12.5. The number of carbonyl (C=O) groups is 1. The highest BCUT2D eigenvalue weighted by molar-refractivity contribution is 6.32. The molecule has 0 aliphatic carbocycles. The molecule has 6 nitrogen and oxygen atoms in total. The molecule has 1 N–H and O–H groups in total. The molecule has 0 bridgehead atoms. The highest BCUT2D eigenvalue weighted by atomic mass is 35.5. The number of rotatable bonds is 6. The van der Waals surface area contributed by atoms with Gasteiger partial charge in [0.05, 0.1) is 31.5 Å². The van der Waals surface area contributed by atoms with Gasteiger partial charge in [-0.25, -0.2) is 0 Å². The minimum absolute atomic E-state index is 0.0910. The van der Waals surface area contributed by atoms with Crippen LogP contribution in [-0.2, 0) is 4.79 Å². The van der Waals surface area contributed by atoms with Gasteiger partial charge in [0, 0.05) is 44.0 Å². The zero-order chi connectivity index (χ0) is 20.1. The first-order valence-electron chi connectivity index (χ1n) is 9.25. The summed E-state index contributed by atoms with van der Waals surface area (Å²) >= 11 is 6.12. The standard InChI is InChI=1S/C21H26ClN3O3/c1-15-5-4-6-16(11-15)25-9-7-24(8-10-25)14-21(26)23-18-13-19(27-2)17(22)12-20(18)28-3/h4-6,11-13H,7-10,14H2,1-3H3,(H,23,26). The van der Waals surface area contributed by atoms with Crippen LogP contribution in [0.5, 0.6) is 11.5 Å². The average Bonchev–Trinajstić information content (AvgIpc) is 2.69. The zero-order valence-corrected chi connectivity index (χ0v) is 17.3. The summed E-state index contributed by atoms with van der Waals surface area (Å²) in [6.07, 6.45) is 0. The van der Waals surface area contributed by atoms with Crippen molar-refractivity contribution in [3.8, 4) is 11.5 Å². The Labute approximate surface area is 171 Å². The second-order valence-corrected chi connectivity index (χ2v) is 7.24. The van der Waals surface area contributed by atoms with Crippen LogP contribution < -0.4 is 19.7 Å². The number of carbonyl (C=O) groups excluding carboxylic acids is 1. The van der Waals surface area contributed by atoms with Crippen molar-refractivity contribution in [2.45, 2.75) is 6.92 Å². The van der Waals surface area contributed by atoms with E-state index in [0.29, 0.717) is 28.8 Å². The second kappa shape index (κ2) is 9.17. The van der Waals surface area contributed by atoms with E-state index in [1.807, 2.05) is 0 Å². The van der Waals surface area contributed by atoms with Gasteiger partial charge in [-0.05, 0) is 24.6 Å². The summed E-state index contributed by atoms with van der Waals surface area (Å²) in [6, 6.07) is 11.8. The molecule has 0 unspecified atom stereocenters. The Bertz CT molecular complexity index is 836. The summed E-state index contributed by atoms with van der Waals surface area (Å²) in [6.45, 7) is 5.90. The Kier molecular flexibility index (Phi) is 6.65. The minimum Gasteiger partial charge on any atom is -0.495 e. The van der Waals surface area contributed by atoms with Crippen molar-refractivity contribution < 1.29 is 14.3 Å². The number of ether oxygens (including phenoxy) is 2. The molecule has 7 heteroatoms. The van der Waals surface area contributed by atoms with Crippen molar-refractivity contribution in [3.63, 3.8) is 0 Å². The number of methoxy groups -OCH3 is 2. The molecule has 1 heterocycles. The van der Waals surface area contributed by atoms with Crippen molar-refractivity contribution in [1.82, 2.24) is 4.90 Å². The molecule has 150 valence electrons. The number of nitrogens with one attached hydrogen (secondary N) is 1. The van der Waals surface area contributed by atoms with E-state index >= 15 is 0 Å². The van der Waals surface area contributed by atoms with Crippen molar-refractivity contribution in [3.05, 3.63) is 47.0 Å². The number of benzene rings is 2. The molecule has 1 aliphatic rings. The van der Waals surface area contributed by atoms with Crippen LogP contribution in [0.25, 0.3) is 0 Å². The van der Waals surface area contributed by atoms with Gasteiger partial charge in [-0.1, -0.05) is 23.7 Å².